The van der Waals surface area contributed by atoms with Crippen molar-refractivity contribution in [1.29, 1.82) is 0 Å². The molecular weight excluding hydrogens is 323 g/mol. The molecule has 1 N–H and O–H groups in total. The molecule has 4 aromatic rings. The Bertz CT molecular complexity index is 1130. The van der Waals surface area contributed by atoms with Crippen molar-refractivity contribution in [1.82, 2.24) is 9.97 Å². The second-order valence-corrected chi connectivity index (χ2v) is 6.47. The summed E-state index contributed by atoms with van der Waals surface area (Å²) < 4.78 is 13.0. The average Bonchev–Trinajstić information content (AvgIpc) is 3.09. The van der Waals surface area contributed by atoms with Gasteiger partial charge in [0, 0.05) is 22.5 Å². The minimum atomic E-state index is -0.203. The van der Waals surface area contributed by atoms with Crippen LogP contribution >= 0.6 is 0 Å². The summed E-state index contributed by atoms with van der Waals surface area (Å²) in [6, 6.07) is 18.6. The zero-order valence-electron chi connectivity index (χ0n) is 14.8. The molecule has 0 aliphatic heterocycles. The van der Waals surface area contributed by atoms with Crippen molar-refractivity contribution >= 4 is 27.2 Å². The van der Waals surface area contributed by atoms with Crippen molar-refractivity contribution in [2.45, 2.75) is 13.8 Å². The van der Waals surface area contributed by atoms with E-state index in [0.717, 1.165) is 44.2 Å². The molecule has 3 heteroatoms. The van der Waals surface area contributed by atoms with Gasteiger partial charge in [0.15, 0.2) is 0 Å². The number of halogens is 1. The first-order chi connectivity index (χ1) is 12.6. The molecule has 2 nitrogen and oxygen atoms in total. The largest absolute Gasteiger partial charge is 0.353 e. The third-order valence-electron chi connectivity index (χ3n) is 4.57. The van der Waals surface area contributed by atoms with Gasteiger partial charge in [-0.1, -0.05) is 36.4 Å². The highest BCUT2D eigenvalue weighted by atomic mass is 19.1. The number of fused-ring (bicyclic) bond motifs is 2. The third-order valence-corrected chi connectivity index (χ3v) is 4.57. The van der Waals surface area contributed by atoms with Crippen molar-refractivity contribution in [3.05, 3.63) is 84.3 Å². The van der Waals surface area contributed by atoms with Crippen molar-refractivity contribution in [3.8, 4) is 11.4 Å². The van der Waals surface area contributed by atoms with Crippen LogP contribution in [0.5, 0.6) is 0 Å². The number of para-hydroxylation sites is 1. The number of nitrogens with zero attached hydrogens (tertiary/aromatic N) is 1. The van der Waals surface area contributed by atoms with Crippen LogP contribution in [0, 0.1) is 0 Å². The molecule has 2 aromatic carbocycles. The molecule has 0 aliphatic rings. The quantitative estimate of drug-likeness (QED) is 0.414. The standard InChI is InChI=1S/C23H19FN2/c1-15(7-8-16(2)24)18-10-9-17-11-12-25-23(20(17)13-18)22-14-19-5-3-4-6-21(19)26-22/h3-14,26H,1-2H3/b15-7+,16-8+. The molecule has 0 saturated carbocycles. The second kappa shape index (κ2) is 6.60. The van der Waals surface area contributed by atoms with Gasteiger partial charge < -0.3 is 4.98 Å². The molecule has 4 rings (SSSR count). The predicted octanol–water partition coefficient (Wildman–Crippen LogP) is 6.66. The highest BCUT2D eigenvalue weighted by molar-refractivity contribution is 5.98. The van der Waals surface area contributed by atoms with Crippen LogP contribution in [0.2, 0.25) is 0 Å². The first-order valence-electron chi connectivity index (χ1n) is 8.60. The summed E-state index contributed by atoms with van der Waals surface area (Å²) in [5.74, 6) is -0.203. The Labute approximate surface area is 151 Å². The lowest BCUT2D eigenvalue weighted by Gasteiger charge is -2.07. The van der Waals surface area contributed by atoms with Gasteiger partial charge in [-0.3, -0.25) is 4.98 Å². The van der Waals surface area contributed by atoms with E-state index in [1.165, 1.54) is 13.0 Å². The summed E-state index contributed by atoms with van der Waals surface area (Å²) in [4.78, 5) is 8.08. The fourth-order valence-corrected chi connectivity index (χ4v) is 3.17. The number of nitrogens with one attached hydrogen (secondary N) is 1. The fraction of sp³-hybridized carbons (Fsp3) is 0.0870. The molecule has 0 amide bonds. The Morgan fingerprint density at radius 1 is 0.962 bits per heavy atom. The summed E-state index contributed by atoms with van der Waals surface area (Å²) in [6.45, 7) is 3.43. The summed E-state index contributed by atoms with van der Waals surface area (Å²) in [5.41, 5.74) is 5.08. The van der Waals surface area contributed by atoms with Crippen LogP contribution in [-0.4, -0.2) is 9.97 Å². The molecule has 0 aliphatic carbocycles. The molecular formula is C23H19FN2. The average molecular weight is 342 g/mol. The van der Waals surface area contributed by atoms with Crippen molar-refractivity contribution in [2.75, 3.05) is 0 Å². The van der Waals surface area contributed by atoms with Gasteiger partial charge in [-0.15, -0.1) is 0 Å². The Morgan fingerprint density at radius 3 is 2.62 bits per heavy atom. The molecule has 26 heavy (non-hydrogen) atoms. The summed E-state index contributed by atoms with van der Waals surface area (Å²) in [5, 5.41) is 3.37. The van der Waals surface area contributed by atoms with Crippen molar-refractivity contribution in [2.24, 2.45) is 0 Å². The number of pyridine rings is 1. The van der Waals surface area contributed by atoms with E-state index in [1.54, 1.807) is 6.08 Å². The third kappa shape index (κ3) is 3.04. The fourth-order valence-electron chi connectivity index (χ4n) is 3.17. The van der Waals surface area contributed by atoms with Gasteiger partial charge in [0.05, 0.1) is 17.2 Å². The maximum absolute atomic E-state index is 13.0. The highest BCUT2D eigenvalue weighted by Gasteiger charge is 2.09. The Balaban J connectivity index is 1.88. The van der Waals surface area contributed by atoms with Gasteiger partial charge in [0.25, 0.3) is 0 Å². The smallest absolute Gasteiger partial charge is 0.0968 e. The maximum atomic E-state index is 13.0. The molecule has 0 spiro atoms. The molecule has 2 aromatic heterocycles. The number of allylic oxidation sites excluding steroid dienone is 4. The van der Waals surface area contributed by atoms with E-state index in [1.807, 2.05) is 31.3 Å². The molecule has 0 bridgehead atoms. The minimum absolute atomic E-state index is 0.203. The minimum Gasteiger partial charge on any atom is -0.353 e. The van der Waals surface area contributed by atoms with Crippen LogP contribution in [0.25, 0.3) is 38.6 Å². The lowest BCUT2D eigenvalue weighted by Crippen LogP contribution is -1.88. The van der Waals surface area contributed by atoms with E-state index < -0.39 is 0 Å². The first kappa shape index (κ1) is 16.3. The van der Waals surface area contributed by atoms with Crippen molar-refractivity contribution in [3.63, 3.8) is 0 Å². The second-order valence-electron chi connectivity index (χ2n) is 6.47. The van der Waals surface area contributed by atoms with Crippen molar-refractivity contribution < 1.29 is 4.39 Å². The zero-order chi connectivity index (χ0) is 18.1. The maximum Gasteiger partial charge on any atom is 0.0968 e. The van der Waals surface area contributed by atoms with Gasteiger partial charge in [0.2, 0.25) is 0 Å². The number of aromatic nitrogens is 2. The number of aromatic amines is 1. The molecule has 128 valence electrons. The summed E-state index contributed by atoms with van der Waals surface area (Å²) in [6.07, 6.45) is 5.12. The van der Waals surface area contributed by atoms with Crippen LogP contribution in [0.4, 0.5) is 4.39 Å². The number of hydrogen-bond acceptors (Lipinski definition) is 1. The van der Waals surface area contributed by atoms with Gasteiger partial charge in [-0.05, 0) is 60.7 Å². The lowest BCUT2D eigenvalue weighted by molar-refractivity contribution is 0.641. The summed E-state index contributed by atoms with van der Waals surface area (Å²) in [7, 11) is 0. The van der Waals surface area contributed by atoms with Gasteiger partial charge in [-0.2, -0.15) is 0 Å². The van der Waals surface area contributed by atoms with E-state index in [9.17, 15) is 4.39 Å². The number of rotatable bonds is 3. The molecule has 0 unspecified atom stereocenters. The monoisotopic (exact) mass is 342 g/mol. The number of hydrogen-bond donors (Lipinski definition) is 1. The van der Waals surface area contributed by atoms with Crippen LogP contribution in [0.1, 0.15) is 19.4 Å². The lowest BCUT2D eigenvalue weighted by atomic mass is 10.0. The van der Waals surface area contributed by atoms with E-state index >= 15 is 0 Å². The van der Waals surface area contributed by atoms with Gasteiger partial charge in [-0.25, -0.2) is 4.39 Å². The molecule has 0 atom stereocenters. The van der Waals surface area contributed by atoms with Crippen LogP contribution in [0.3, 0.4) is 0 Å². The zero-order valence-corrected chi connectivity index (χ0v) is 14.8. The first-order valence-corrected chi connectivity index (χ1v) is 8.60. The van der Waals surface area contributed by atoms with E-state index in [2.05, 4.69) is 46.4 Å². The molecule has 0 saturated heterocycles. The Hall–Kier alpha value is -3.20. The summed E-state index contributed by atoms with van der Waals surface area (Å²) >= 11 is 0. The van der Waals surface area contributed by atoms with Crippen LogP contribution < -0.4 is 0 Å². The van der Waals surface area contributed by atoms with Gasteiger partial charge in [0.1, 0.15) is 0 Å². The number of benzene rings is 2. The van der Waals surface area contributed by atoms with Crippen LogP contribution in [0.15, 0.2) is 78.8 Å². The Morgan fingerprint density at radius 2 is 1.81 bits per heavy atom. The predicted molar refractivity (Wildman–Crippen MR) is 108 cm³/mol. The van der Waals surface area contributed by atoms with Gasteiger partial charge >= 0.3 is 0 Å². The van der Waals surface area contributed by atoms with E-state index in [4.69, 9.17) is 0 Å². The topological polar surface area (TPSA) is 28.7 Å². The van der Waals surface area contributed by atoms with E-state index in [-0.39, 0.29) is 5.83 Å². The molecule has 0 radical (unpaired) electrons. The van der Waals surface area contributed by atoms with Crippen LogP contribution in [-0.2, 0) is 0 Å². The number of H-pyrrole nitrogens is 1. The molecule has 0 fully saturated rings. The molecule has 2 heterocycles. The highest BCUT2D eigenvalue weighted by Crippen LogP contribution is 2.30. The normalized spacial score (nSPS) is 12.9. The Kier molecular flexibility index (Phi) is 4.13. The SMILES string of the molecule is C/C(F)=C\C=C(/C)c1ccc2ccnc(-c3cc4ccccc4[nH]3)c2c1. The van der Waals surface area contributed by atoms with E-state index in [0.29, 0.717) is 0 Å².